The highest BCUT2D eigenvalue weighted by Gasteiger charge is 2.12. The summed E-state index contributed by atoms with van der Waals surface area (Å²) in [7, 11) is 3.72. The molecule has 1 amide bonds. The van der Waals surface area contributed by atoms with Crippen LogP contribution in [0.4, 0.5) is 0 Å². The van der Waals surface area contributed by atoms with E-state index in [4.69, 9.17) is 0 Å². The maximum atomic E-state index is 12.3. The van der Waals surface area contributed by atoms with Gasteiger partial charge in [0.05, 0.1) is 6.20 Å². The van der Waals surface area contributed by atoms with E-state index >= 15 is 0 Å². The number of nitrogens with one attached hydrogen (secondary N) is 1. The van der Waals surface area contributed by atoms with Crippen molar-refractivity contribution in [2.24, 2.45) is 7.05 Å². The van der Waals surface area contributed by atoms with Gasteiger partial charge in [0, 0.05) is 55.9 Å². The van der Waals surface area contributed by atoms with Crippen molar-refractivity contribution in [3.05, 3.63) is 54.0 Å². The number of fused-ring (bicyclic) bond motifs is 1. The summed E-state index contributed by atoms with van der Waals surface area (Å²) in [5.41, 5.74) is 3.36. The molecule has 114 valence electrons. The Morgan fingerprint density at radius 1 is 1.36 bits per heavy atom. The molecule has 2 aromatic heterocycles. The van der Waals surface area contributed by atoms with Crippen LogP contribution in [0.2, 0.25) is 0 Å². The standard InChI is InChI=1S/C17H20N4O/c1-20(11-13-9-19-21(2)12-13)17(22)8-7-14-10-18-16-6-4-3-5-15(14)16/h3-6,9-10,12,18H,7-8,11H2,1-2H3. The minimum absolute atomic E-state index is 0.147. The number of carbonyl (C=O) groups excluding carboxylic acids is 1. The van der Waals surface area contributed by atoms with E-state index in [-0.39, 0.29) is 5.91 Å². The molecule has 5 nitrogen and oxygen atoms in total. The molecule has 0 fully saturated rings. The molecular formula is C17H20N4O. The number of aromatic amines is 1. The van der Waals surface area contributed by atoms with Crippen LogP contribution in [-0.2, 0) is 24.8 Å². The molecule has 0 saturated carbocycles. The molecule has 0 atom stereocenters. The highest BCUT2D eigenvalue weighted by Crippen LogP contribution is 2.19. The van der Waals surface area contributed by atoms with E-state index in [0.717, 1.165) is 17.5 Å². The van der Waals surface area contributed by atoms with Crippen LogP contribution in [0.25, 0.3) is 10.9 Å². The molecule has 1 N–H and O–H groups in total. The van der Waals surface area contributed by atoms with Gasteiger partial charge in [-0.25, -0.2) is 0 Å². The van der Waals surface area contributed by atoms with Crippen molar-refractivity contribution in [3.63, 3.8) is 0 Å². The summed E-state index contributed by atoms with van der Waals surface area (Å²) in [6.07, 6.45) is 6.99. The van der Waals surface area contributed by atoms with Crippen LogP contribution in [0.1, 0.15) is 17.5 Å². The van der Waals surface area contributed by atoms with Crippen LogP contribution in [0.15, 0.2) is 42.9 Å². The first-order valence-electron chi connectivity index (χ1n) is 7.40. The Labute approximate surface area is 129 Å². The summed E-state index contributed by atoms with van der Waals surface area (Å²) in [6, 6.07) is 8.17. The second-order valence-corrected chi connectivity index (χ2v) is 5.63. The van der Waals surface area contributed by atoms with Gasteiger partial charge in [-0.3, -0.25) is 9.48 Å². The number of benzene rings is 1. The molecule has 0 aliphatic heterocycles. The lowest BCUT2D eigenvalue weighted by molar-refractivity contribution is -0.130. The van der Waals surface area contributed by atoms with Crippen molar-refractivity contribution < 1.29 is 4.79 Å². The lowest BCUT2D eigenvalue weighted by atomic mass is 10.1. The number of aromatic nitrogens is 3. The first kappa shape index (κ1) is 14.4. The Kier molecular flexibility index (Phi) is 3.96. The monoisotopic (exact) mass is 296 g/mol. The van der Waals surface area contributed by atoms with Crippen molar-refractivity contribution in [1.29, 1.82) is 0 Å². The zero-order chi connectivity index (χ0) is 15.5. The number of para-hydroxylation sites is 1. The Morgan fingerprint density at radius 2 is 2.18 bits per heavy atom. The molecule has 22 heavy (non-hydrogen) atoms. The zero-order valence-electron chi connectivity index (χ0n) is 12.9. The minimum atomic E-state index is 0.147. The predicted molar refractivity (Wildman–Crippen MR) is 86.3 cm³/mol. The first-order valence-corrected chi connectivity index (χ1v) is 7.40. The summed E-state index contributed by atoms with van der Waals surface area (Å²) >= 11 is 0. The van der Waals surface area contributed by atoms with Crippen molar-refractivity contribution in [2.75, 3.05) is 7.05 Å². The fourth-order valence-corrected chi connectivity index (χ4v) is 2.69. The summed E-state index contributed by atoms with van der Waals surface area (Å²) in [5.74, 6) is 0.147. The fraction of sp³-hybridized carbons (Fsp3) is 0.294. The molecule has 2 heterocycles. The van der Waals surface area contributed by atoms with Crippen LogP contribution in [0, 0.1) is 0 Å². The Hall–Kier alpha value is -2.56. The van der Waals surface area contributed by atoms with E-state index in [9.17, 15) is 4.79 Å². The normalized spacial score (nSPS) is 11.0. The predicted octanol–water partition coefficient (Wildman–Crippen LogP) is 2.49. The molecule has 0 spiro atoms. The molecular weight excluding hydrogens is 276 g/mol. The van der Waals surface area contributed by atoms with Gasteiger partial charge in [-0.05, 0) is 18.1 Å². The van der Waals surface area contributed by atoms with Gasteiger partial charge in [-0.1, -0.05) is 18.2 Å². The Balaban J connectivity index is 1.59. The van der Waals surface area contributed by atoms with Crippen LogP contribution in [-0.4, -0.2) is 32.6 Å². The maximum Gasteiger partial charge on any atom is 0.222 e. The van der Waals surface area contributed by atoms with Gasteiger partial charge in [0.15, 0.2) is 0 Å². The average molecular weight is 296 g/mol. The van der Waals surface area contributed by atoms with Gasteiger partial charge in [-0.15, -0.1) is 0 Å². The van der Waals surface area contributed by atoms with E-state index < -0.39 is 0 Å². The highest BCUT2D eigenvalue weighted by atomic mass is 16.2. The van der Waals surface area contributed by atoms with Crippen molar-refractivity contribution in [1.82, 2.24) is 19.7 Å². The van der Waals surface area contributed by atoms with E-state index in [2.05, 4.69) is 22.2 Å². The number of aryl methyl sites for hydroxylation is 2. The van der Waals surface area contributed by atoms with Crippen molar-refractivity contribution in [3.8, 4) is 0 Å². The third-order valence-electron chi connectivity index (χ3n) is 3.89. The molecule has 5 heteroatoms. The van der Waals surface area contributed by atoms with Gasteiger partial charge in [0.25, 0.3) is 0 Å². The molecule has 3 aromatic rings. The van der Waals surface area contributed by atoms with Gasteiger partial charge in [0.1, 0.15) is 0 Å². The third-order valence-corrected chi connectivity index (χ3v) is 3.89. The van der Waals surface area contributed by atoms with Gasteiger partial charge >= 0.3 is 0 Å². The van der Waals surface area contributed by atoms with Gasteiger partial charge in [-0.2, -0.15) is 5.10 Å². The number of rotatable bonds is 5. The second-order valence-electron chi connectivity index (χ2n) is 5.63. The number of H-pyrrole nitrogens is 1. The number of nitrogens with zero attached hydrogens (tertiary/aromatic N) is 3. The third kappa shape index (κ3) is 3.03. The number of hydrogen-bond donors (Lipinski definition) is 1. The quantitative estimate of drug-likeness (QED) is 0.786. The molecule has 3 rings (SSSR count). The Morgan fingerprint density at radius 3 is 2.95 bits per heavy atom. The largest absolute Gasteiger partial charge is 0.361 e. The van der Waals surface area contributed by atoms with Crippen LogP contribution in [0.3, 0.4) is 0 Å². The summed E-state index contributed by atoms with van der Waals surface area (Å²) in [5, 5.41) is 5.32. The van der Waals surface area contributed by atoms with Crippen LogP contribution < -0.4 is 0 Å². The van der Waals surface area contributed by atoms with Gasteiger partial charge < -0.3 is 9.88 Å². The van der Waals surface area contributed by atoms with E-state index in [1.807, 2.05) is 38.6 Å². The van der Waals surface area contributed by atoms with E-state index in [1.165, 1.54) is 10.9 Å². The van der Waals surface area contributed by atoms with E-state index in [0.29, 0.717) is 13.0 Å². The molecule has 1 aromatic carbocycles. The number of amides is 1. The minimum Gasteiger partial charge on any atom is -0.361 e. The molecule has 0 radical (unpaired) electrons. The van der Waals surface area contributed by atoms with Crippen molar-refractivity contribution in [2.45, 2.75) is 19.4 Å². The molecule has 0 aliphatic carbocycles. The topological polar surface area (TPSA) is 53.9 Å². The van der Waals surface area contributed by atoms with Crippen LogP contribution >= 0.6 is 0 Å². The second kappa shape index (κ2) is 6.05. The summed E-state index contributed by atoms with van der Waals surface area (Å²) in [6.45, 7) is 0.598. The average Bonchev–Trinajstić information content (AvgIpc) is 3.11. The molecule has 0 bridgehead atoms. The van der Waals surface area contributed by atoms with E-state index in [1.54, 1.807) is 15.8 Å². The summed E-state index contributed by atoms with van der Waals surface area (Å²) < 4.78 is 1.75. The molecule has 0 saturated heterocycles. The first-order chi connectivity index (χ1) is 10.6. The smallest absolute Gasteiger partial charge is 0.222 e. The van der Waals surface area contributed by atoms with Gasteiger partial charge in [0.2, 0.25) is 5.91 Å². The maximum absolute atomic E-state index is 12.3. The lowest BCUT2D eigenvalue weighted by Gasteiger charge is -2.16. The summed E-state index contributed by atoms with van der Waals surface area (Å²) in [4.78, 5) is 17.3. The number of carbonyl (C=O) groups is 1. The highest BCUT2D eigenvalue weighted by molar-refractivity contribution is 5.84. The zero-order valence-corrected chi connectivity index (χ0v) is 12.9. The number of hydrogen-bond acceptors (Lipinski definition) is 2. The van der Waals surface area contributed by atoms with Crippen molar-refractivity contribution >= 4 is 16.8 Å². The lowest BCUT2D eigenvalue weighted by Crippen LogP contribution is -2.26. The fourth-order valence-electron chi connectivity index (χ4n) is 2.69. The Bertz CT molecular complexity index is 787. The molecule has 0 aliphatic rings. The molecule has 0 unspecified atom stereocenters. The van der Waals surface area contributed by atoms with Crippen LogP contribution in [0.5, 0.6) is 0 Å². The SMILES string of the molecule is CN(Cc1cnn(C)c1)C(=O)CCc1c[nH]c2ccccc12.